The van der Waals surface area contributed by atoms with Gasteiger partial charge < -0.3 is 15.2 Å². The molecule has 0 saturated carbocycles. The fourth-order valence-corrected chi connectivity index (χ4v) is 2.12. The average Bonchev–Trinajstić information content (AvgIpc) is 2.44. The topological polar surface area (TPSA) is 54.4 Å². The summed E-state index contributed by atoms with van der Waals surface area (Å²) in [5, 5.41) is 14.2. The molecule has 2 aromatic rings. The smallest absolute Gasteiger partial charge is 0.145 e. The van der Waals surface area contributed by atoms with Crippen LogP contribution in [0.1, 0.15) is 19.5 Å². The van der Waals surface area contributed by atoms with Crippen LogP contribution >= 0.6 is 0 Å². The van der Waals surface area contributed by atoms with E-state index in [9.17, 15) is 5.11 Å². The van der Waals surface area contributed by atoms with Gasteiger partial charge in [0.25, 0.3) is 0 Å². The maximum Gasteiger partial charge on any atom is 0.145 e. The Kier molecular flexibility index (Phi) is 5.53. The van der Waals surface area contributed by atoms with Crippen molar-refractivity contribution in [1.29, 1.82) is 0 Å². The number of hydrogen-bond donors (Lipinski definition) is 2. The Morgan fingerprint density at radius 1 is 1.19 bits per heavy atom. The molecule has 1 aromatic carbocycles. The van der Waals surface area contributed by atoms with Gasteiger partial charge in [0, 0.05) is 17.6 Å². The van der Waals surface area contributed by atoms with Gasteiger partial charge in [0.2, 0.25) is 0 Å². The molecule has 0 aliphatic heterocycles. The fourth-order valence-electron chi connectivity index (χ4n) is 2.12. The van der Waals surface area contributed by atoms with E-state index in [1.54, 1.807) is 0 Å². The average molecular weight is 288 g/mol. The molecule has 0 fully saturated rings. The maximum atomic E-state index is 9.94. The predicted molar refractivity (Wildman–Crippen MR) is 85.7 cm³/mol. The number of rotatable bonds is 7. The summed E-state index contributed by atoms with van der Waals surface area (Å²) in [6, 6.07) is 9.86. The van der Waals surface area contributed by atoms with E-state index in [-0.39, 0.29) is 6.61 Å². The molecule has 0 aliphatic carbocycles. The number of ether oxygens (including phenoxy) is 1. The number of aryl methyl sites for hydroxylation is 1. The van der Waals surface area contributed by atoms with Crippen molar-refractivity contribution in [3.05, 3.63) is 36.0 Å². The number of hydrogen-bond acceptors (Lipinski definition) is 4. The Hall–Kier alpha value is -1.65. The number of aromatic nitrogens is 1. The summed E-state index contributed by atoms with van der Waals surface area (Å²) in [5.74, 6) is 1.29. The normalized spacial score (nSPS) is 12.8. The van der Waals surface area contributed by atoms with Crippen LogP contribution in [-0.2, 0) is 0 Å². The van der Waals surface area contributed by atoms with Crippen LogP contribution < -0.4 is 10.1 Å². The van der Waals surface area contributed by atoms with Crippen molar-refractivity contribution in [2.45, 2.75) is 26.9 Å². The summed E-state index contributed by atoms with van der Waals surface area (Å²) in [6.07, 6.45) is -0.524. The molecule has 0 spiro atoms. The van der Waals surface area contributed by atoms with Gasteiger partial charge in [0.1, 0.15) is 24.0 Å². The molecule has 0 amide bonds. The van der Waals surface area contributed by atoms with Crippen LogP contribution in [0.4, 0.5) is 0 Å². The standard InChI is InChI=1S/C17H24N2O2/c1-12(2)9-18-10-15(20)11-21-16-6-4-5-14-8-7-13(3)19-17(14)16/h4-8,12,15,18,20H,9-11H2,1-3H3. The minimum absolute atomic E-state index is 0.264. The summed E-state index contributed by atoms with van der Waals surface area (Å²) in [7, 11) is 0. The van der Waals surface area contributed by atoms with Crippen LogP contribution in [0.2, 0.25) is 0 Å². The lowest BCUT2D eigenvalue weighted by Crippen LogP contribution is -2.33. The minimum atomic E-state index is -0.524. The minimum Gasteiger partial charge on any atom is -0.489 e. The number of benzene rings is 1. The first-order chi connectivity index (χ1) is 10.1. The van der Waals surface area contributed by atoms with Gasteiger partial charge in [-0.15, -0.1) is 0 Å². The van der Waals surface area contributed by atoms with E-state index in [4.69, 9.17) is 4.74 Å². The zero-order valence-electron chi connectivity index (χ0n) is 13.0. The summed E-state index contributed by atoms with van der Waals surface area (Å²) in [4.78, 5) is 4.52. The van der Waals surface area contributed by atoms with Gasteiger partial charge in [0.15, 0.2) is 0 Å². The molecule has 2 N–H and O–H groups in total. The second kappa shape index (κ2) is 7.38. The highest BCUT2D eigenvalue weighted by Crippen LogP contribution is 2.23. The molecule has 1 atom stereocenters. The molecule has 0 saturated heterocycles. The highest BCUT2D eigenvalue weighted by Gasteiger charge is 2.08. The Morgan fingerprint density at radius 2 is 2.00 bits per heavy atom. The third-order valence-electron chi connectivity index (χ3n) is 3.19. The van der Waals surface area contributed by atoms with Gasteiger partial charge in [-0.05, 0) is 31.5 Å². The van der Waals surface area contributed by atoms with Crippen molar-refractivity contribution in [3.8, 4) is 5.75 Å². The van der Waals surface area contributed by atoms with Crippen LogP contribution in [0.5, 0.6) is 5.75 Å². The van der Waals surface area contributed by atoms with E-state index in [1.165, 1.54) is 0 Å². The third kappa shape index (κ3) is 4.69. The van der Waals surface area contributed by atoms with Gasteiger partial charge in [-0.3, -0.25) is 0 Å². The van der Waals surface area contributed by atoms with Crippen molar-refractivity contribution >= 4 is 10.9 Å². The zero-order valence-corrected chi connectivity index (χ0v) is 13.0. The number of aliphatic hydroxyl groups is 1. The molecule has 4 heteroatoms. The van der Waals surface area contributed by atoms with Gasteiger partial charge >= 0.3 is 0 Å². The number of nitrogens with zero attached hydrogens (tertiary/aromatic N) is 1. The predicted octanol–water partition coefficient (Wildman–Crippen LogP) is 2.53. The monoisotopic (exact) mass is 288 g/mol. The van der Waals surface area contributed by atoms with Crippen LogP contribution in [0.15, 0.2) is 30.3 Å². The summed E-state index contributed by atoms with van der Waals surface area (Å²) < 4.78 is 5.74. The lowest BCUT2D eigenvalue weighted by atomic mass is 10.2. The summed E-state index contributed by atoms with van der Waals surface area (Å²) in [6.45, 7) is 7.93. The van der Waals surface area contributed by atoms with E-state index in [1.807, 2.05) is 37.3 Å². The van der Waals surface area contributed by atoms with E-state index >= 15 is 0 Å². The van der Waals surface area contributed by atoms with Crippen molar-refractivity contribution in [2.75, 3.05) is 19.7 Å². The molecule has 1 aromatic heterocycles. The number of fused-ring (bicyclic) bond motifs is 1. The lowest BCUT2D eigenvalue weighted by Gasteiger charge is -2.15. The Balaban J connectivity index is 1.95. The Labute approximate surface area is 126 Å². The second-order valence-corrected chi connectivity index (χ2v) is 5.80. The molecule has 1 heterocycles. The number of pyridine rings is 1. The molecule has 1 unspecified atom stereocenters. The first-order valence-electron chi connectivity index (χ1n) is 7.44. The van der Waals surface area contributed by atoms with E-state index < -0.39 is 6.10 Å². The van der Waals surface area contributed by atoms with Gasteiger partial charge in [0.05, 0.1) is 0 Å². The second-order valence-electron chi connectivity index (χ2n) is 5.80. The van der Waals surface area contributed by atoms with Gasteiger partial charge in [-0.25, -0.2) is 4.98 Å². The highest BCUT2D eigenvalue weighted by molar-refractivity contribution is 5.84. The summed E-state index contributed by atoms with van der Waals surface area (Å²) >= 11 is 0. The quantitative estimate of drug-likeness (QED) is 0.822. The number of para-hydroxylation sites is 1. The van der Waals surface area contributed by atoms with Crippen molar-refractivity contribution < 1.29 is 9.84 Å². The van der Waals surface area contributed by atoms with Crippen molar-refractivity contribution in [1.82, 2.24) is 10.3 Å². The summed E-state index contributed by atoms with van der Waals surface area (Å²) in [5.41, 5.74) is 1.80. The van der Waals surface area contributed by atoms with Crippen LogP contribution in [0.25, 0.3) is 10.9 Å². The van der Waals surface area contributed by atoms with Crippen molar-refractivity contribution in [3.63, 3.8) is 0 Å². The molecular weight excluding hydrogens is 264 g/mol. The van der Waals surface area contributed by atoms with E-state index in [2.05, 4.69) is 24.1 Å². The van der Waals surface area contributed by atoms with Gasteiger partial charge in [-0.1, -0.05) is 32.0 Å². The largest absolute Gasteiger partial charge is 0.489 e. The number of aliphatic hydroxyl groups excluding tert-OH is 1. The first-order valence-corrected chi connectivity index (χ1v) is 7.44. The molecule has 0 aliphatic rings. The first kappa shape index (κ1) is 15.7. The molecule has 0 radical (unpaired) electrons. The van der Waals surface area contributed by atoms with Gasteiger partial charge in [-0.2, -0.15) is 0 Å². The third-order valence-corrected chi connectivity index (χ3v) is 3.19. The molecule has 114 valence electrons. The molecule has 4 nitrogen and oxygen atoms in total. The van der Waals surface area contributed by atoms with Crippen molar-refractivity contribution in [2.24, 2.45) is 5.92 Å². The number of nitrogens with one attached hydrogen (secondary N) is 1. The van der Waals surface area contributed by atoms with E-state index in [0.29, 0.717) is 12.5 Å². The molecule has 0 bridgehead atoms. The molecule has 2 rings (SSSR count). The van der Waals surface area contributed by atoms with Crippen LogP contribution in [0.3, 0.4) is 0 Å². The lowest BCUT2D eigenvalue weighted by molar-refractivity contribution is 0.106. The SMILES string of the molecule is Cc1ccc2cccc(OCC(O)CNCC(C)C)c2n1. The Bertz CT molecular complexity index is 584. The van der Waals surface area contributed by atoms with E-state index in [0.717, 1.165) is 28.9 Å². The maximum absolute atomic E-state index is 9.94. The molecular formula is C17H24N2O2. The fraction of sp³-hybridized carbons (Fsp3) is 0.471. The van der Waals surface area contributed by atoms with Crippen LogP contribution in [-0.4, -0.2) is 35.9 Å². The molecule has 21 heavy (non-hydrogen) atoms. The van der Waals surface area contributed by atoms with Crippen LogP contribution in [0, 0.1) is 12.8 Å². The Morgan fingerprint density at radius 3 is 2.76 bits per heavy atom. The highest BCUT2D eigenvalue weighted by atomic mass is 16.5. The zero-order chi connectivity index (χ0) is 15.2.